The highest BCUT2D eigenvalue weighted by atomic mass is 16.2. The van der Waals surface area contributed by atoms with Crippen molar-refractivity contribution < 1.29 is 14.4 Å². The molecule has 0 atom stereocenters. The van der Waals surface area contributed by atoms with E-state index in [2.05, 4.69) is 0 Å². The summed E-state index contributed by atoms with van der Waals surface area (Å²) in [6, 6.07) is 0.216. The van der Waals surface area contributed by atoms with Crippen LogP contribution in [0.1, 0.15) is 46.0 Å². The molecule has 2 aliphatic rings. The fourth-order valence-electron chi connectivity index (χ4n) is 3.41. The zero-order valence-corrected chi connectivity index (χ0v) is 13.7. The van der Waals surface area contributed by atoms with E-state index < -0.39 is 0 Å². The first kappa shape index (κ1) is 16.8. The average molecular weight is 309 g/mol. The Balaban J connectivity index is 1.88. The molecule has 0 unspecified atom stereocenters. The predicted octanol–water partition coefficient (Wildman–Crippen LogP) is 0.858. The molecule has 0 radical (unpaired) electrons. The lowest BCUT2D eigenvalue weighted by atomic mass is 9.94. The highest BCUT2D eigenvalue weighted by molar-refractivity contribution is 5.84. The van der Waals surface area contributed by atoms with Crippen LogP contribution in [0.25, 0.3) is 0 Å². The molecule has 1 saturated carbocycles. The minimum absolute atomic E-state index is 0.00368. The Morgan fingerprint density at radius 2 is 1.45 bits per heavy atom. The lowest BCUT2D eigenvalue weighted by molar-refractivity contribution is -0.144. The van der Waals surface area contributed by atoms with Crippen molar-refractivity contribution in [2.45, 2.75) is 52.0 Å². The van der Waals surface area contributed by atoms with Crippen molar-refractivity contribution in [1.82, 2.24) is 14.7 Å². The Kier molecular flexibility index (Phi) is 5.80. The van der Waals surface area contributed by atoms with E-state index in [0.29, 0.717) is 26.2 Å². The summed E-state index contributed by atoms with van der Waals surface area (Å²) in [6.45, 7) is 5.59. The molecule has 0 spiro atoms. The highest BCUT2D eigenvalue weighted by Gasteiger charge is 2.28. The fraction of sp³-hybridized carbons (Fsp3) is 0.812. The van der Waals surface area contributed by atoms with E-state index in [1.807, 2.05) is 0 Å². The van der Waals surface area contributed by atoms with Crippen LogP contribution in [0.3, 0.4) is 0 Å². The van der Waals surface area contributed by atoms with Crippen molar-refractivity contribution >= 4 is 17.7 Å². The molecule has 0 aromatic rings. The third-order valence-corrected chi connectivity index (χ3v) is 4.80. The van der Waals surface area contributed by atoms with Crippen LogP contribution >= 0.6 is 0 Å². The largest absolute Gasteiger partial charge is 0.339 e. The molecule has 1 heterocycles. The van der Waals surface area contributed by atoms with Crippen LogP contribution in [0.4, 0.5) is 0 Å². The van der Waals surface area contributed by atoms with Gasteiger partial charge in [0.15, 0.2) is 0 Å². The van der Waals surface area contributed by atoms with E-state index in [4.69, 9.17) is 0 Å². The van der Waals surface area contributed by atoms with Gasteiger partial charge >= 0.3 is 0 Å². The Morgan fingerprint density at radius 1 is 0.909 bits per heavy atom. The second-order valence-corrected chi connectivity index (χ2v) is 6.33. The van der Waals surface area contributed by atoms with E-state index in [9.17, 15) is 14.4 Å². The van der Waals surface area contributed by atoms with Gasteiger partial charge in [0.2, 0.25) is 17.7 Å². The van der Waals surface area contributed by atoms with Gasteiger partial charge in [-0.25, -0.2) is 0 Å². The summed E-state index contributed by atoms with van der Waals surface area (Å²) in [5.41, 5.74) is 0. The van der Waals surface area contributed by atoms with E-state index in [1.165, 1.54) is 6.42 Å². The normalized spacial score (nSPS) is 19.9. The van der Waals surface area contributed by atoms with Gasteiger partial charge in [0.05, 0.1) is 6.54 Å². The van der Waals surface area contributed by atoms with Gasteiger partial charge in [-0.1, -0.05) is 19.3 Å². The van der Waals surface area contributed by atoms with Crippen molar-refractivity contribution in [3.8, 4) is 0 Å². The summed E-state index contributed by atoms with van der Waals surface area (Å²) < 4.78 is 0. The standard InChI is InChI=1S/C16H27N3O3/c1-13(20)17-8-10-18(11-9-17)16(22)12-19(14(2)21)15-6-4-3-5-7-15/h15H,3-12H2,1-2H3. The zero-order valence-electron chi connectivity index (χ0n) is 13.7. The smallest absolute Gasteiger partial charge is 0.242 e. The topological polar surface area (TPSA) is 60.9 Å². The van der Waals surface area contributed by atoms with Crippen molar-refractivity contribution in [3.63, 3.8) is 0 Å². The maximum atomic E-state index is 12.5. The van der Waals surface area contributed by atoms with Gasteiger partial charge in [-0.05, 0) is 12.8 Å². The lowest BCUT2D eigenvalue weighted by Crippen LogP contribution is -2.53. The first-order valence-electron chi connectivity index (χ1n) is 8.29. The number of carbonyl (C=O) groups excluding carboxylic acids is 3. The number of amides is 3. The van der Waals surface area contributed by atoms with Crippen molar-refractivity contribution in [2.75, 3.05) is 32.7 Å². The Hall–Kier alpha value is -1.59. The van der Waals surface area contributed by atoms with Crippen molar-refractivity contribution in [2.24, 2.45) is 0 Å². The molecule has 6 heteroatoms. The maximum Gasteiger partial charge on any atom is 0.242 e. The summed E-state index contributed by atoms with van der Waals surface area (Å²) in [5.74, 6) is 0.0475. The number of piperazine rings is 1. The number of carbonyl (C=O) groups is 3. The van der Waals surface area contributed by atoms with Crippen LogP contribution in [0, 0.1) is 0 Å². The van der Waals surface area contributed by atoms with Gasteiger partial charge in [0.25, 0.3) is 0 Å². The number of hydrogen-bond acceptors (Lipinski definition) is 3. The summed E-state index contributed by atoms with van der Waals surface area (Å²) in [6.07, 6.45) is 5.51. The van der Waals surface area contributed by atoms with Crippen molar-refractivity contribution in [3.05, 3.63) is 0 Å². The second kappa shape index (κ2) is 7.61. The number of hydrogen-bond donors (Lipinski definition) is 0. The minimum atomic E-state index is -0.0115. The molecule has 2 rings (SSSR count). The van der Waals surface area contributed by atoms with Crippen LogP contribution in [0.2, 0.25) is 0 Å². The summed E-state index contributed by atoms with van der Waals surface area (Å²) in [4.78, 5) is 41.0. The molecule has 2 fully saturated rings. The highest BCUT2D eigenvalue weighted by Crippen LogP contribution is 2.22. The first-order chi connectivity index (χ1) is 10.5. The van der Waals surface area contributed by atoms with E-state index >= 15 is 0 Å². The SMILES string of the molecule is CC(=O)N1CCN(C(=O)CN(C(C)=O)C2CCCCC2)CC1. The minimum Gasteiger partial charge on any atom is -0.339 e. The van der Waals surface area contributed by atoms with Crippen LogP contribution in [0.5, 0.6) is 0 Å². The molecule has 124 valence electrons. The van der Waals surface area contributed by atoms with E-state index in [1.54, 1.807) is 28.5 Å². The fourth-order valence-corrected chi connectivity index (χ4v) is 3.41. The van der Waals surface area contributed by atoms with Crippen LogP contribution in [-0.4, -0.2) is 71.2 Å². The second-order valence-electron chi connectivity index (χ2n) is 6.33. The Morgan fingerprint density at radius 3 is 1.95 bits per heavy atom. The first-order valence-corrected chi connectivity index (χ1v) is 8.29. The summed E-state index contributed by atoms with van der Waals surface area (Å²) >= 11 is 0. The molecule has 0 aromatic carbocycles. The van der Waals surface area contributed by atoms with Gasteiger partial charge in [0.1, 0.15) is 0 Å². The molecule has 0 N–H and O–H groups in total. The van der Waals surface area contributed by atoms with E-state index in [-0.39, 0.29) is 30.3 Å². The van der Waals surface area contributed by atoms with Gasteiger partial charge in [-0.15, -0.1) is 0 Å². The van der Waals surface area contributed by atoms with Crippen LogP contribution < -0.4 is 0 Å². The third kappa shape index (κ3) is 4.21. The monoisotopic (exact) mass is 309 g/mol. The molecule has 3 amide bonds. The molecule has 1 saturated heterocycles. The molecule has 0 bridgehead atoms. The van der Waals surface area contributed by atoms with Gasteiger partial charge < -0.3 is 14.7 Å². The van der Waals surface area contributed by atoms with E-state index in [0.717, 1.165) is 25.7 Å². The molecular weight excluding hydrogens is 282 g/mol. The molecule has 6 nitrogen and oxygen atoms in total. The quantitative estimate of drug-likeness (QED) is 0.777. The summed E-state index contributed by atoms with van der Waals surface area (Å²) in [7, 11) is 0. The molecular formula is C16H27N3O3. The number of nitrogens with zero attached hydrogens (tertiary/aromatic N) is 3. The predicted molar refractivity (Wildman–Crippen MR) is 83.1 cm³/mol. The molecule has 22 heavy (non-hydrogen) atoms. The maximum absolute atomic E-state index is 12.5. The molecule has 1 aliphatic heterocycles. The van der Waals surface area contributed by atoms with Gasteiger partial charge in [-0.2, -0.15) is 0 Å². The Labute approximate surface area is 132 Å². The molecule has 0 aromatic heterocycles. The third-order valence-electron chi connectivity index (χ3n) is 4.80. The average Bonchev–Trinajstić information content (AvgIpc) is 2.53. The van der Waals surface area contributed by atoms with Crippen LogP contribution in [0.15, 0.2) is 0 Å². The van der Waals surface area contributed by atoms with Gasteiger partial charge in [0, 0.05) is 46.1 Å². The Bertz CT molecular complexity index is 424. The van der Waals surface area contributed by atoms with Gasteiger partial charge in [-0.3, -0.25) is 14.4 Å². The van der Waals surface area contributed by atoms with Crippen LogP contribution in [-0.2, 0) is 14.4 Å². The molecule has 1 aliphatic carbocycles. The summed E-state index contributed by atoms with van der Waals surface area (Å²) in [5, 5.41) is 0. The van der Waals surface area contributed by atoms with Crippen molar-refractivity contribution in [1.29, 1.82) is 0 Å². The number of rotatable bonds is 3. The zero-order chi connectivity index (χ0) is 16.1. The lowest BCUT2D eigenvalue weighted by Gasteiger charge is -2.37.